The van der Waals surface area contributed by atoms with Gasteiger partial charge in [0, 0.05) is 42.4 Å². The van der Waals surface area contributed by atoms with E-state index in [0.29, 0.717) is 43.7 Å². The number of anilines is 1. The Morgan fingerprint density at radius 2 is 1.60 bits per heavy atom. The summed E-state index contributed by atoms with van der Waals surface area (Å²) in [5.41, 5.74) is 2.13. The van der Waals surface area contributed by atoms with Gasteiger partial charge in [-0.1, -0.05) is 25.0 Å². The van der Waals surface area contributed by atoms with E-state index in [9.17, 15) is 31.6 Å². The highest BCUT2D eigenvalue weighted by Crippen LogP contribution is 2.43. The fraction of sp³-hybridized carbons (Fsp3) is 0.452. The fourth-order valence-electron chi connectivity index (χ4n) is 6.13. The molecule has 1 aliphatic heterocycles. The average molecular weight is 612 g/mol. The van der Waals surface area contributed by atoms with Gasteiger partial charge in [-0.05, 0) is 67.6 Å². The van der Waals surface area contributed by atoms with Crippen LogP contribution in [-0.4, -0.2) is 54.2 Å². The standard InChI is InChI=1S/C31H32F3N5O3S/c32-31(33,34)22-7-11-24(12-8-22)39-19-27(21-5-9-23(10-6-21)38-15-17-43(41,42)18-16-38)28(37-39)25-3-1-2-4-26(25)29(40)36-30(20-35)13-14-30/h5-12,19,25-26H,1-4,13-18H2,(H,36,40). The van der Waals surface area contributed by atoms with E-state index in [4.69, 9.17) is 5.10 Å². The second-order valence-corrected chi connectivity index (χ2v) is 14.1. The molecule has 2 heterocycles. The predicted molar refractivity (Wildman–Crippen MR) is 155 cm³/mol. The maximum atomic E-state index is 13.5. The number of hydrogen-bond donors (Lipinski definition) is 1. The molecule has 2 atom stereocenters. The second-order valence-electron chi connectivity index (χ2n) is 11.8. The third kappa shape index (κ3) is 6.13. The first-order valence-corrected chi connectivity index (χ1v) is 16.4. The van der Waals surface area contributed by atoms with Gasteiger partial charge in [0.15, 0.2) is 9.84 Å². The van der Waals surface area contributed by atoms with E-state index in [1.54, 1.807) is 10.9 Å². The number of amides is 1. The summed E-state index contributed by atoms with van der Waals surface area (Å²) in [6.45, 7) is 0.837. The van der Waals surface area contributed by atoms with Gasteiger partial charge in [0.2, 0.25) is 5.91 Å². The lowest BCUT2D eigenvalue weighted by atomic mass is 9.75. The van der Waals surface area contributed by atoms with Crippen molar-refractivity contribution in [1.82, 2.24) is 15.1 Å². The van der Waals surface area contributed by atoms with E-state index >= 15 is 0 Å². The summed E-state index contributed by atoms with van der Waals surface area (Å²) in [6, 6.07) is 14.8. The molecule has 3 aromatic rings. The van der Waals surface area contributed by atoms with Crippen LogP contribution >= 0.6 is 0 Å². The van der Waals surface area contributed by atoms with Crippen molar-refractivity contribution in [1.29, 1.82) is 5.26 Å². The van der Waals surface area contributed by atoms with Crippen molar-refractivity contribution >= 4 is 21.4 Å². The van der Waals surface area contributed by atoms with Crippen LogP contribution in [0.25, 0.3) is 16.8 Å². The van der Waals surface area contributed by atoms with Gasteiger partial charge in [-0.25, -0.2) is 13.1 Å². The summed E-state index contributed by atoms with van der Waals surface area (Å²) in [6.07, 6.45) is 1.76. The van der Waals surface area contributed by atoms with Crippen LogP contribution in [0.3, 0.4) is 0 Å². The number of carbonyl (C=O) groups is 1. The molecular formula is C31H32F3N5O3S. The summed E-state index contributed by atoms with van der Waals surface area (Å²) in [7, 11) is -3.01. The second kappa shape index (κ2) is 11.0. The van der Waals surface area contributed by atoms with E-state index < -0.39 is 27.1 Å². The van der Waals surface area contributed by atoms with Crippen molar-refractivity contribution in [3.8, 4) is 22.9 Å². The van der Waals surface area contributed by atoms with Gasteiger partial charge in [0.25, 0.3) is 0 Å². The normalized spacial score (nSPS) is 22.9. The van der Waals surface area contributed by atoms with Crippen molar-refractivity contribution in [3.05, 3.63) is 66.0 Å². The Labute approximate surface area is 248 Å². The van der Waals surface area contributed by atoms with E-state index in [1.807, 2.05) is 29.2 Å². The molecule has 1 aromatic heterocycles. The Morgan fingerprint density at radius 1 is 0.977 bits per heavy atom. The molecule has 1 N–H and O–H groups in total. The molecule has 226 valence electrons. The van der Waals surface area contributed by atoms with Crippen molar-refractivity contribution in [3.63, 3.8) is 0 Å². The predicted octanol–water partition coefficient (Wildman–Crippen LogP) is 5.24. The molecular weight excluding hydrogens is 579 g/mol. The van der Waals surface area contributed by atoms with Gasteiger partial charge < -0.3 is 10.2 Å². The van der Waals surface area contributed by atoms with E-state index in [2.05, 4.69) is 11.4 Å². The van der Waals surface area contributed by atoms with E-state index in [-0.39, 0.29) is 29.2 Å². The number of halogens is 3. The minimum absolute atomic E-state index is 0.108. The third-order valence-corrected chi connectivity index (χ3v) is 10.5. The highest BCUT2D eigenvalue weighted by molar-refractivity contribution is 7.91. The number of carbonyl (C=O) groups excluding carboxylic acids is 1. The number of nitrogens with zero attached hydrogens (tertiary/aromatic N) is 4. The Morgan fingerprint density at radius 3 is 2.21 bits per heavy atom. The van der Waals surface area contributed by atoms with Crippen molar-refractivity contribution < 1.29 is 26.4 Å². The molecule has 43 heavy (non-hydrogen) atoms. The Balaban J connectivity index is 1.35. The van der Waals surface area contributed by atoms with Gasteiger partial charge in [0.05, 0.1) is 34.5 Å². The molecule has 2 aromatic carbocycles. The van der Waals surface area contributed by atoms with Crippen molar-refractivity contribution in [2.24, 2.45) is 5.92 Å². The smallest absolute Gasteiger partial charge is 0.369 e. The molecule has 2 aliphatic carbocycles. The van der Waals surface area contributed by atoms with Crippen LogP contribution in [0, 0.1) is 17.2 Å². The Bertz CT molecular complexity index is 1640. The number of nitriles is 1. The zero-order valence-corrected chi connectivity index (χ0v) is 24.3. The Hall–Kier alpha value is -3.85. The Kier molecular flexibility index (Phi) is 7.49. The molecule has 0 radical (unpaired) electrons. The first kappa shape index (κ1) is 29.2. The van der Waals surface area contributed by atoms with Crippen LogP contribution in [0.5, 0.6) is 0 Å². The minimum Gasteiger partial charge on any atom is -0.369 e. The number of sulfone groups is 1. The van der Waals surface area contributed by atoms with E-state index in [1.165, 1.54) is 12.1 Å². The third-order valence-electron chi connectivity index (χ3n) is 8.87. The van der Waals surface area contributed by atoms with Crippen LogP contribution in [0.1, 0.15) is 55.7 Å². The van der Waals surface area contributed by atoms with Crippen LogP contribution in [0.15, 0.2) is 54.7 Å². The van der Waals surface area contributed by atoms with E-state index in [0.717, 1.165) is 48.2 Å². The summed E-state index contributed by atoms with van der Waals surface area (Å²) in [5.74, 6) is -0.562. The number of hydrogen-bond acceptors (Lipinski definition) is 6. The SMILES string of the molecule is N#CC1(NC(=O)C2CCCCC2c2nn(-c3ccc(C(F)(F)F)cc3)cc2-c2ccc(N3CCS(=O)(=O)CC3)cc2)CC1. The molecule has 0 bridgehead atoms. The van der Waals surface area contributed by atoms with Crippen LogP contribution < -0.4 is 10.2 Å². The maximum Gasteiger partial charge on any atom is 0.416 e. The largest absolute Gasteiger partial charge is 0.416 e. The zero-order chi connectivity index (χ0) is 30.4. The lowest BCUT2D eigenvalue weighted by molar-refractivity contribution is -0.137. The zero-order valence-electron chi connectivity index (χ0n) is 23.5. The summed E-state index contributed by atoms with van der Waals surface area (Å²) in [4.78, 5) is 15.5. The average Bonchev–Trinajstić information content (AvgIpc) is 3.63. The quantitative estimate of drug-likeness (QED) is 0.409. The molecule has 2 unspecified atom stereocenters. The van der Waals surface area contributed by atoms with Gasteiger partial charge in [-0.2, -0.15) is 23.5 Å². The molecule has 12 heteroatoms. The highest BCUT2D eigenvalue weighted by atomic mass is 32.2. The molecule has 8 nitrogen and oxygen atoms in total. The van der Waals surface area contributed by atoms with Gasteiger partial charge in [-0.3, -0.25) is 4.79 Å². The van der Waals surface area contributed by atoms with Gasteiger partial charge >= 0.3 is 6.18 Å². The van der Waals surface area contributed by atoms with Gasteiger partial charge in [-0.15, -0.1) is 0 Å². The lowest BCUT2D eigenvalue weighted by Crippen LogP contribution is -2.42. The lowest BCUT2D eigenvalue weighted by Gasteiger charge is -2.31. The molecule has 3 fully saturated rings. The number of nitrogens with one attached hydrogen (secondary N) is 1. The number of alkyl halides is 3. The number of benzene rings is 2. The first-order valence-electron chi connectivity index (χ1n) is 14.5. The topological polar surface area (TPSA) is 108 Å². The summed E-state index contributed by atoms with van der Waals surface area (Å²) >= 11 is 0. The molecule has 6 rings (SSSR count). The molecule has 2 saturated carbocycles. The summed E-state index contributed by atoms with van der Waals surface area (Å²) in [5, 5.41) is 17.4. The van der Waals surface area contributed by atoms with Gasteiger partial charge in [0.1, 0.15) is 5.54 Å². The number of rotatable bonds is 6. The molecule has 1 saturated heterocycles. The number of aromatic nitrogens is 2. The molecule has 1 amide bonds. The fourth-order valence-corrected chi connectivity index (χ4v) is 7.33. The van der Waals surface area contributed by atoms with Crippen molar-refractivity contribution in [2.45, 2.75) is 56.2 Å². The molecule has 0 spiro atoms. The first-order chi connectivity index (χ1) is 20.5. The summed E-state index contributed by atoms with van der Waals surface area (Å²) < 4.78 is 65.0. The van der Waals surface area contributed by atoms with Crippen LogP contribution in [-0.2, 0) is 20.8 Å². The van der Waals surface area contributed by atoms with Crippen molar-refractivity contribution in [2.75, 3.05) is 29.5 Å². The monoisotopic (exact) mass is 611 g/mol. The highest BCUT2D eigenvalue weighted by Gasteiger charge is 2.47. The van der Waals surface area contributed by atoms with Crippen LogP contribution in [0.4, 0.5) is 18.9 Å². The van der Waals surface area contributed by atoms with Crippen LogP contribution in [0.2, 0.25) is 0 Å². The maximum absolute atomic E-state index is 13.5. The minimum atomic E-state index is -4.45. The molecule has 3 aliphatic rings.